The minimum Gasteiger partial charge on any atom is -0.444 e. The number of amides is 3. The molecule has 10 heteroatoms. The maximum atomic E-state index is 13.6. The van der Waals surface area contributed by atoms with Crippen molar-refractivity contribution >= 4 is 25.0 Å². The number of nitrogens with one attached hydrogen (secondary N) is 3. The van der Waals surface area contributed by atoms with Crippen LogP contribution in [0.25, 0.3) is 0 Å². The molecule has 1 saturated heterocycles. The third kappa shape index (κ3) is 9.16. The molecule has 2 fully saturated rings. The molecule has 0 aromatic carbocycles. The van der Waals surface area contributed by atoms with Gasteiger partial charge in [0, 0.05) is 19.0 Å². The summed E-state index contributed by atoms with van der Waals surface area (Å²) in [7, 11) is -0.330. The van der Waals surface area contributed by atoms with Gasteiger partial charge in [0.15, 0.2) is 0 Å². The number of alkyl carbamates (subject to hydrolysis) is 1. The number of rotatable bonds is 7. The van der Waals surface area contributed by atoms with Gasteiger partial charge in [-0.3, -0.25) is 9.59 Å². The van der Waals surface area contributed by atoms with Gasteiger partial charge in [-0.25, -0.2) is 4.79 Å². The first-order valence-electron chi connectivity index (χ1n) is 13.6. The Morgan fingerprint density at radius 1 is 0.946 bits per heavy atom. The molecular weight excluding hydrogens is 473 g/mol. The second-order valence-electron chi connectivity index (χ2n) is 14.0. The largest absolute Gasteiger partial charge is 0.457 e. The van der Waals surface area contributed by atoms with Crippen LogP contribution in [0.15, 0.2) is 0 Å². The third-order valence-corrected chi connectivity index (χ3v) is 7.33. The molecule has 2 aliphatic rings. The molecule has 1 aliphatic heterocycles. The van der Waals surface area contributed by atoms with E-state index in [1.54, 1.807) is 0 Å². The van der Waals surface area contributed by atoms with Crippen LogP contribution >= 0.6 is 0 Å². The van der Waals surface area contributed by atoms with Crippen molar-refractivity contribution in [3.8, 4) is 0 Å². The van der Waals surface area contributed by atoms with Crippen molar-refractivity contribution in [2.45, 2.75) is 136 Å². The Hall–Kier alpha value is -1.81. The Morgan fingerprint density at radius 2 is 1.49 bits per heavy atom. The molecule has 212 valence electrons. The van der Waals surface area contributed by atoms with Gasteiger partial charge in [-0.15, -0.1) is 0 Å². The van der Waals surface area contributed by atoms with Gasteiger partial charge in [-0.05, 0) is 107 Å². The molecule has 0 unspecified atom stereocenters. The van der Waals surface area contributed by atoms with Crippen LogP contribution in [0.2, 0.25) is 6.32 Å². The van der Waals surface area contributed by atoms with Gasteiger partial charge in [0.05, 0.1) is 11.2 Å². The minimum absolute atomic E-state index is 0.0258. The van der Waals surface area contributed by atoms with E-state index in [1.165, 1.54) is 6.92 Å². The van der Waals surface area contributed by atoms with E-state index >= 15 is 0 Å². The summed E-state index contributed by atoms with van der Waals surface area (Å²) >= 11 is 0. The van der Waals surface area contributed by atoms with E-state index < -0.39 is 34.0 Å². The number of hydrogen-bond donors (Lipinski definition) is 3. The zero-order valence-electron chi connectivity index (χ0n) is 24.9. The van der Waals surface area contributed by atoms with Gasteiger partial charge >= 0.3 is 13.2 Å². The van der Waals surface area contributed by atoms with Crippen LogP contribution < -0.4 is 16.0 Å². The molecule has 1 heterocycles. The predicted octanol–water partition coefficient (Wildman–Crippen LogP) is 4.20. The molecule has 2 rings (SSSR count). The van der Waals surface area contributed by atoms with Crippen LogP contribution in [-0.2, 0) is 23.6 Å². The van der Waals surface area contributed by atoms with Crippen molar-refractivity contribution in [2.75, 3.05) is 6.54 Å². The van der Waals surface area contributed by atoms with Crippen LogP contribution in [0.3, 0.4) is 0 Å². The van der Waals surface area contributed by atoms with E-state index in [-0.39, 0.29) is 30.8 Å². The van der Waals surface area contributed by atoms with E-state index in [9.17, 15) is 14.4 Å². The molecule has 0 aromatic heterocycles. The molecule has 3 amide bonds. The van der Waals surface area contributed by atoms with Gasteiger partial charge in [0.2, 0.25) is 11.8 Å². The second kappa shape index (κ2) is 11.1. The van der Waals surface area contributed by atoms with Gasteiger partial charge in [0.1, 0.15) is 11.1 Å². The summed E-state index contributed by atoms with van der Waals surface area (Å²) in [5.74, 6) is -0.356. The van der Waals surface area contributed by atoms with Crippen molar-refractivity contribution in [3.05, 3.63) is 0 Å². The minimum atomic E-state index is -1.07. The summed E-state index contributed by atoms with van der Waals surface area (Å²) < 4.78 is 17.8. The average molecular weight is 524 g/mol. The molecule has 0 spiro atoms. The maximum absolute atomic E-state index is 13.6. The lowest BCUT2D eigenvalue weighted by molar-refractivity contribution is -0.137. The van der Waals surface area contributed by atoms with E-state index in [0.29, 0.717) is 25.7 Å². The molecule has 9 nitrogen and oxygen atoms in total. The molecule has 0 aromatic rings. The van der Waals surface area contributed by atoms with Crippen LogP contribution in [0.1, 0.15) is 102 Å². The number of hydrogen-bond acceptors (Lipinski definition) is 6. The first-order valence-corrected chi connectivity index (χ1v) is 13.6. The Labute approximate surface area is 224 Å². The Kier molecular flexibility index (Phi) is 9.45. The van der Waals surface area contributed by atoms with Crippen molar-refractivity contribution in [3.63, 3.8) is 0 Å². The van der Waals surface area contributed by atoms with E-state index in [1.807, 2.05) is 69.2 Å². The molecule has 1 saturated carbocycles. The summed E-state index contributed by atoms with van der Waals surface area (Å²) in [6, 6.07) is 0. The van der Waals surface area contributed by atoms with Crippen LogP contribution in [0.5, 0.6) is 0 Å². The smallest absolute Gasteiger partial charge is 0.444 e. The van der Waals surface area contributed by atoms with Gasteiger partial charge in [-0.2, -0.15) is 0 Å². The van der Waals surface area contributed by atoms with Gasteiger partial charge in [-0.1, -0.05) is 6.42 Å². The highest BCUT2D eigenvalue weighted by molar-refractivity contribution is 6.45. The quantitative estimate of drug-likeness (QED) is 0.431. The van der Waals surface area contributed by atoms with Crippen molar-refractivity contribution in [1.29, 1.82) is 0 Å². The molecule has 1 aliphatic carbocycles. The molecule has 3 atom stereocenters. The Balaban J connectivity index is 2.23. The summed E-state index contributed by atoms with van der Waals surface area (Å²) in [6.45, 7) is 21.1. The zero-order chi connectivity index (χ0) is 28.4. The molecule has 0 bridgehead atoms. The summed E-state index contributed by atoms with van der Waals surface area (Å²) in [5.41, 5.74) is -2.94. The SMILES string of the molecule is CC(=O)N[C@]1(C(=O)NC(C)(C)C)C[C@H](CCB2OC(C)(C)C(C)(C)O2)C[C@@H](CNC(=O)OC(C)(C)C)C1. The highest BCUT2D eigenvalue weighted by atomic mass is 16.7. The topological polar surface area (TPSA) is 115 Å². The highest BCUT2D eigenvalue weighted by Crippen LogP contribution is 2.42. The third-order valence-electron chi connectivity index (χ3n) is 7.33. The fourth-order valence-electron chi connectivity index (χ4n) is 5.22. The zero-order valence-corrected chi connectivity index (χ0v) is 24.9. The van der Waals surface area contributed by atoms with E-state index in [2.05, 4.69) is 16.0 Å². The lowest BCUT2D eigenvalue weighted by atomic mass is 9.66. The molecule has 37 heavy (non-hydrogen) atoms. The van der Waals surface area contributed by atoms with Gasteiger partial charge in [0.25, 0.3) is 0 Å². The fourth-order valence-corrected chi connectivity index (χ4v) is 5.22. The van der Waals surface area contributed by atoms with E-state index in [0.717, 1.165) is 12.8 Å². The fraction of sp³-hybridized carbons (Fsp3) is 0.889. The highest BCUT2D eigenvalue weighted by Gasteiger charge is 2.52. The standard InChI is InChI=1S/C27H50BN3O6/c1-18(32)30-27(21(33)31-23(2,3)4)15-19(12-13-28-36-25(8,9)26(10,11)37-28)14-20(16-27)17-29-22(34)35-24(5,6)7/h19-20H,12-17H2,1-11H3,(H,29,34)(H,30,32)(H,31,33)/t19-,20-,27-/m1/s1. The number of ether oxygens (including phenoxy) is 1. The Bertz CT molecular complexity index is 832. The van der Waals surface area contributed by atoms with Crippen LogP contribution in [0.4, 0.5) is 4.79 Å². The summed E-state index contributed by atoms with van der Waals surface area (Å²) in [6.07, 6.45) is 2.70. The normalized spacial score (nSPS) is 27.4. The van der Waals surface area contributed by atoms with Crippen molar-refractivity contribution in [2.24, 2.45) is 11.8 Å². The molecule has 3 N–H and O–H groups in total. The predicted molar refractivity (Wildman–Crippen MR) is 145 cm³/mol. The van der Waals surface area contributed by atoms with Crippen LogP contribution in [0, 0.1) is 11.8 Å². The van der Waals surface area contributed by atoms with Crippen molar-refractivity contribution in [1.82, 2.24) is 16.0 Å². The number of carbonyl (C=O) groups is 3. The van der Waals surface area contributed by atoms with Crippen molar-refractivity contribution < 1.29 is 28.4 Å². The lowest BCUT2D eigenvalue weighted by Gasteiger charge is -2.45. The molecule has 0 radical (unpaired) electrons. The second-order valence-corrected chi connectivity index (χ2v) is 14.0. The maximum Gasteiger partial charge on any atom is 0.457 e. The van der Waals surface area contributed by atoms with E-state index in [4.69, 9.17) is 14.0 Å². The molecular formula is C27H50BN3O6. The summed E-state index contributed by atoms with van der Waals surface area (Å²) in [4.78, 5) is 38.3. The van der Waals surface area contributed by atoms with Crippen LogP contribution in [-0.4, -0.2) is 59.5 Å². The lowest BCUT2D eigenvalue weighted by Crippen LogP contribution is -2.64. The first-order chi connectivity index (χ1) is 16.6. The first kappa shape index (κ1) is 31.4. The number of carbonyl (C=O) groups excluding carboxylic acids is 3. The summed E-state index contributed by atoms with van der Waals surface area (Å²) in [5, 5.41) is 8.95. The van der Waals surface area contributed by atoms with Gasteiger partial charge < -0.3 is 30.0 Å². The monoisotopic (exact) mass is 523 g/mol. The average Bonchev–Trinajstić information content (AvgIpc) is 2.88. The Morgan fingerprint density at radius 3 is 1.97 bits per heavy atom.